The van der Waals surface area contributed by atoms with E-state index in [1.54, 1.807) is 6.20 Å². The van der Waals surface area contributed by atoms with Crippen molar-refractivity contribution in [3.63, 3.8) is 0 Å². The van der Waals surface area contributed by atoms with E-state index in [-0.39, 0.29) is 0 Å². The molecule has 2 aromatic rings. The van der Waals surface area contributed by atoms with E-state index in [9.17, 15) is 0 Å². The van der Waals surface area contributed by atoms with Crippen LogP contribution in [0.5, 0.6) is 5.88 Å². The highest BCUT2D eigenvalue weighted by atomic mass is 16.5. The molecule has 0 spiro atoms. The van der Waals surface area contributed by atoms with E-state index in [1.807, 2.05) is 33.2 Å². The monoisotopic (exact) mass is 271 g/mol. The van der Waals surface area contributed by atoms with Gasteiger partial charge in [0.25, 0.3) is 0 Å². The number of benzene rings is 1. The minimum Gasteiger partial charge on any atom is -0.476 e. The molecule has 1 aromatic heterocycles. The lowest BCUT2D eigenvalue weighted by molar-refractivity contribution is 0.328. The summed E-state index contributed by atoms with van der Waals surface area (Å²) in [6, 6.07) is 12.4. The van der Waals surface area contributed by atoms with Gasteiger partial charge in [0.15, 0.2) is 0 Å². The molecule has 0 atom stereocenters. The van der Waals surface area contributed by atoms with Gasteiger partial charge >= 0.3 is 0 Å². The van der Waals surface area contributed by atoms with E-state index in [1.165, 1.54) is 11.3 Å². The smallest absolute Gasteiger partial charge is 0.237 e. The summed E-state index contributed by atoms with van der Waals surface area (Å²) in [6.07, 6.45) is 1.74. The standard InChI is InChI=1S/C16H21N3O/c1-4-20-16-15(6-5-11-17-16)18-12-13-7-9-14(10-8-13)19(2)3/h5-11,18H,4,12H2,1-3H3. The Morgan fingerprint density at radius 3 is 2.55 bits per heavy atom. The number of pyridine rings is 1. The van der Waals surface area contributed by atoms with Crippen LogP contribution in [0.4, 0.5) is 11.4 Å². The van der Waals surface area contributed by atoms with Crippen molar-refractivity contribution in [2.24, 2.45) is 0 Å². The Morgan fingerprint density at radius 2 is 1.90 bits per heavy atom. The lowest BCUT2D eigenvalue weighted by Crippen LogP contribution is -2.08. The van der Waals surface area contributed by atoms with Crippen molar-refractivity contribution < 1.29 is 4.74 Å². The highest BCUT2D eigenvalue weighted by Gasteiger charge is 2.03. The van der Waals surface area contributed by atoms with Crippen molar-refractivity contribution in [1.29, 1.82) is 0 Å². The predicted molar refractivity (Wildman–Crippen MR) is 83.5 cm³/mol. The fourth-order valence-corrected chi connectivity index (χ4v) is 1.89. The topological polar surface area (TPSA) is 37.4 Å². The van der Waals surface area contributed by atoms with Crippen LogP contribution in [-0.2, 0) is 6.54 Å². The molecular formula is C16H21N3O. The van der Waals surface area contributed by atoms with Gasteiger partial charge in [-0.05, 0) is 36.8 Å². The second-order valence-corrected chi connectivity index (χ2v) is 4.70. The van der Waals surface area contributed by atoms with Crippen LogP contribution in [0, 0.1) is 0 Å². The van der Waals surface area contributed by atoms with Crippen LogP contribution in [0.2, 0.25) is 0 Å². The fraction of sp³-hybridized carbons (Fsp3) is 0.312. The zero-order valence-corrected chi connectivity index (χ0v) is 12.3. The molecule has 0 unspecified atom stereocenters. The first-order valence-corrected chi connectivity index (χ1v) is 6.78. The van der Waals surface area contributed by atoms with Crippen molar-refractivity contribution in [2.45, 2.75) is 13.5 Å². The summed E-state index contributed by atoms with van der Waals surface area (Å²) in [6.45, 7) is 3.32. The van der Waals surface area contributed by atoms with Crippen LogP contribution < -0.4 is 15.0 Å². The zero-order chi connectivity index (χ0) is 14.4. The number of nitrogens with zero attached hydrogens (tertiary/aromatic N) is 2. The molecule has 0 fully saturated rings. The van der Waals surface area contributed by atoms with Crippen LogP contribution in [0.3, 0.4) is 0 Å². The molecule has 4 nitrogen and oxygen atoms in total. The quantitative estimate of drug-likeness (QED) is 0.875. The van der Waals surface area contributed by atoms with Crippen molar-refractivity contribution in [2.75, 3.05) is 30.9 Å². The van der Waals surface area contributed by atoms with Crippen LogP contribution in [0.1, 0.15) is 12.5 Å². The molecule has 2 rings (SSSR count). The normalized spacial score (nSPS) is 10.2. The molecular weight excluding hydrogens is 250 g/mol. The number of anilines is 2. The first-order valence-electron chi connectivity index (χ1n) is 6.78. The van der Waals surface area contributed by atoms with E-state index in [4.69, 9.17) is 4.74 Å². The number of aromatic nitrogens is 1. The molecule has 0 bridgehead atoms. The van der Waals surface area contributed by atoms with Gasteiger partial charge in [-0.2, -0.15) is 0 Å². The molecule has 0 saturated carbocycles. The number of rotatable bonds is 6. The fourth-order valence-electron chi connectivity index (χ4n) is 1.89. The summed E-state index contributed by atoms with van der Waals surface area (Å²) in [7, 11) is 4.08. The number of ether oxygens (including phenoxy) is 1. The molecule has 0 amide bonds. The zero-order valence-electron chi connectivity index (χ0n) is 12.3. The van der Waals surface area contributed by atoms with Crippen LogP contribution in [0.25, 0.3) is 0 Å². The van der Waals surface area contributed by atoms with Crippen molar-refractivity contribution >= 4 is 11.4 Å². The number of hydrogen-bond donors (Lipinski definition) is 1. The highest BCUT2D eigenvalue weighted by Crippen LogP contribution is 2.21. The van der Waals surface area contributed by atoms with E-state index < -0.39 is 0 Å². The van der Waals surface area contributed by atoms with Gasteiger partial charge in [-0.25, -0.2) is 4.98 Å². The van der Waals surface area contributed by atoms with Crippen molar-refractivity contribution in [3.8, 4) is 5.88 Å². The van der Waals surface area contributed by atoms with Gasteiger partial charge in [-0.3, -0.25) is 0 Å². The first kappa shape index (κ1) is 14.2. The Balaban J connectivity index is 2.01. The third-order valence-electron chi connectivity index (χ3n) is 2.99. The summed E-state index contributed by atoms with van der Waals surface area (Å²) < 4.78 is 5.50. The third kappa shape index (κ3) is 3.63. The molecule has 0 aliphatic carbocycles. The maximum Gasteiger partial charge on any atom is 0.237 e. The minimum absolute atomic E-state index is 0.614. The molecule has 20 heavy (non-hydrogen) atoms. The lowest BCUT2D eigenvalue weighted by atomic mass is 10.2. The van der Waals surface area contributed by atoms with Crippen molar-refractivity contribution in [3.05, 3.63) is 48.2 Å². The maximum atomic E-state index is 5.50. The number of hydrogen-bond acceptors (Lipinski definition) is 4. The van der Waals surface area contributed by atoms with Crippen LogP contribution in [-0.4, -0.2) is 25.7 Å². The summed E-state index contributed by atoms with van der Waals surface area (Å²) in [5.41, 5.74) is 3.35. The average molecular weight is 271 g/mol. The molecule has 4 heteroatoms. The minimum atomic E-state index is 0.614. The Hall–Kier alpha value is -2.23. The van der Waals surface area contributed by atoms with Gasteiger partial charge in [0, 0.05) is 32.5 Å². The predicted octanol–water partition coefficient (Wildman–Crippen LogP) is 3.16. The maximum absolute atomic E-state index is 5.50. The summed E-state index contributed by atoms with van der Waals surface area (Å²) in [5, 5.41) is 3.36. The molecule has 0 saturated heterocycles. The molecule has 0 aliphatic rings. The second-order valence-electron chi connectivity index (χ2n) is 4.70. The Kier molecular flexibility index (Phi) is 4.82. The van der Waals surface area contributed by atoms with Gasteiger partial charge in [0.1, 0.15) is 0 Å². The summed E-state index contributed by atoms with van der Waals surface area (Å²) >= 11 is 0. The van der Waals surface area contributed by atoms with Gasteiger partial charge in [0.05, 0.1) is 12.3 Å². The average Bonchev–Trinajstić information content (AvgIpc) is 2.47. The second kappa shape index (κ2) is 6.80. The first-order chi connectivity index (χ1) is 9.70. The van der Waals surface area contributed by atoms with E-state index in [0.29, 0.717) is 12.5 Å². The van der Waals surface area contributed by atoms with Crippen molar-refractivity contribution in [1.82, 2.24) is 4.98 Å². The lowest BCUT2D eigenvalue weighted by Gasteiger charge is -2.14. The van der Waals surface area contributed by atoms with E-state index in [2.05, 4.69) is 39.5 Å². The Labute approximate surface area is 120 Å². The van der Waals surface area contributed by atoms with E-state index in [0.717, 1.165) is 12.2 Å². The SMILES string of the molecule is CCOc1ncccc1NCc1ccc(N(C)C)cc1. The number of nitrogens with one attached hydrogen (secondary N) is 1. The van der Waals surface area contributed by atoms with Crippen LogP contribution >= 0.6 is 0 Å². The molecule has 1 heterocycles. The highest BCUT2D eigenvalue weighted by molar-refractivity contribution is 5.53. The van der Waals surface area contributed by atoms with E-state index >= 15 is 0 Å². The van der Waals surface area contributed by atoms with Gasteiger partial charge < -0.3 is 15.0 Å². The van der Waals surface area contributed by atoms with Crippen LogP contribution in [0.15, 0.2) is 42.6 Å². The molecule has 0 aliphatic heterocycles. The molecule has 1 N–H and O–H groups in total. The largest absolute Gasteiger partial charge is 0.476 e. The third-order valence-corrected chi connectivity index (χ3v) is 2.99. The van der Waals surface area contributed by atoms with Gasteiger partial charge in [-0.1, -0.05) is 12.1 Å². The molecule has 0 radical (unpaired) electrons. The van der Waals surface area contributed by atoms with Gasteiger partial charge in [0.2, 0.25) is 5.88 Å². The Bertz CT molecular complexity index is 538. The summed E-state index contributed by atoms with van der Waals surface area (Å²) in [5.74, 6) is 0.653. The summed E-state index contributed by atoms with van der Waals surface area (Å²) in [4.78, 5) is 6.32. The Morgan fingerprint density at radius 1 is 1.15 bits per heavy atom. The van der Waals surface area contributed by atoms with Gasteiger partial charge in [-0.15, -0.1) is 0 Å². The molecule has 106 valence electrons. The molecule has 1 aromatic carbocycles.